The molecule has 8 heteroatoms. The van der Waals surface area contributed by atoms with Gasteiger partial charge < -0.3 is 5.32 Å². The summed E-state index contributed by atoms with van der Waals surface area (Å²) in [6.45, 7) is 2.03. The highest BCUT2D eigenvalue weighted by Gasteiger charge is 2.39. The van der Waals surface area contributed by atoms with E-state index in [-0.39, 0.29) is 11.7 Å². The second-order valence-electron chi connectivity index (χ2n) is 6.64. The van der Waals surface area contributed by atoms with E-state index in [1.54, 1.807) is 10.9 Å². The molecular formula is C21H19N6OS+. The average molecular weight is 403 g/mol. The standard InChI is InChI=1S/C21H18N6OS/c1-2-29-21-24-20(28)18-14-10-6-7-11-16(14)23-19(27(18)26-21)15-12-22-25-17(15)13-8-4-3-5-9-13/h3-12,19H,2H2,1H3,(H2,22,24,25,26,28)/p+1/t19-/m0/s1. The van der Waals surface area contributed by atoms with Crippen LogP contribution in [-0.4, -0.2) is 26.0 Å². The molecule has 3 heterocycles. The zero-order valence-electron chi connectivity index (χ0n) is 15.7. The molecule has 0 bridgehead atoms. The number of para-hydroxylation sites is 1. The zero-order valence-corrected chi connectivity index (χ0v) is 16.5. The molecule has 0 radical (unpaired) electrons. The number of thioether (sulfide) groups is 1. The number of hydrogen-bond acceptors (Lipinski definition) is 5. The summed E-state index contributed by atoms with van der Waals surface area (Å²) >= 11 is 1.50. The molecule has 3 N–H and O–H groups in total. The highest BCUT2D eigenvalue weighted by atomic mass is 32.2. The maximum absolute atomic E-state index is 13.0. The van der Waals surface area contributed by atoms with Crippen LogP contribution in [0.1, 0.15) is 18.7 Å². The third-order valence-electron chi connectivity index (χ3n) is 4.89. The summed E-state index contributed by atoms with van der Waals surface area (Å²) in [6, 6.07) is 17.8. The van der Waals surface area contributed by atoms with E-state index < -0.39 is 0 Å². The lowest BCUT2D eigenvalue weighted by Gasteiger charge is -2.22. The van der Waals surface area contributed by atoms with Crippen molar-refractivity contribution >= 4 is 17.4 Å². The lowest BCUT2D eigenvalue weighted by Crippen LogP contribution is -2.55. The van der Waals surface area contributed by atoms with Gasteiger partial charge in [-0.3, -0.25) is 14.9 Å². The predicted octanol–water partition coefficient (Wildman–Crippen LogP) is 3.20. The Morgan fingerprint density at radius 3 is 2.72 bits per heavy atom. The molecule has 7 nitrogen and oxygen atoms in total. The monoisotopic (exact) mass is 403 g/mol. The van der Waals surface area contributed by atoms with Gasteiger partial charge in [-0.1, -0.05) is 61.2 Å². The van der Waals surface area contributed by atoms with Crippen LogP contribution in [0.3, 0.4) is 0 Å². The van der Waals surface area contributed by atoms with Gasteiger partial charge in [-0.25, -0.2) is 0 Å². The molecule has 0 amide bonds. The number of anilines is 1. The van der Waals surface area contributed by atoms with Gasteiger partial charge in [0.05, 0.1) is 28.7 Å². The summed E-state index contributed by atoms with van der Waals surface area (Å²) in [5.41, 5.74) is 4.94. The summed E-state index contributed by atoms with van der Waals surface area (Å²) in [4.78, 5) is 15.9. The zero-order chi connectivity index (χ0) is 19.8. The van der Waals surface area contributed by atoms with Gasteiger partial charge in [-0.15, -0.1) is 0 Å². The van der Waals surface area contributed by atoms with Crippen molar-refractivity contribution in [1.82, 2.24) is 20.3 Å². The summed E-state index contributed by atoms with van der Waals surface area (Å²) < 4.78 is 1.77. The van der Waals surface area contributed by atoms with Crippen molar-refractivity contribution in [2.45, 2.75) is 18.2 Å². The van der Waals surface area contributed by atoms with Gasteiger partial charge in [0.2, 0.25) is 5.16 Å². The first-order valence-electron chi connectivity index (χ1n) is 9.40. The van der Waals surface area contributed by atoms with Gasteiger partial charge in [0.25, 0.3) is 6.17 Å². The first kappa shape index (κ1) is 17.7. The third-order valence-corrected chi connectivity index (χ3v) is 5.63. The minimum absolute atomic E-state index is 0.153. The first-order valence-corrected chi connectivity index (χ1v) is 10.4. The Morgan fingerprint density at radius 2 is 1.90 bits per heavy atom. The molecule has 1 atom stereocenters. The minimum Gasteiger partial charge on any atom is -0.321 e. The van der Waals surface area contributed by atoms with Crippen LogP contribution < -0.4 is 15.6 Å². The van der Waals surface area contributed by atoms with Crippen molar-refractivity contribution in [3.63, 3.8) is 0 Å². The number of nitrogens with zero attached hydrogens (tertiary/aromatic N) is 3. The van der Waals surface area contributed by atoms with Crippen molar-refractivity contribution in [3.05, 3.63) is 76.7 Å². The summed E-state index contributed by atoms with van der Waals surface area (Å²) in [5.74, 6) is 0.817. The molecule has 5 rings (SSSR count). The number of fused-ring (bicyclic) bond motifs is 3. The molecule has 0 saturated carbocycles. The molecule has 144 valence electrons. The van der Waals surface area contributed by atoms with E-state index in [1.165, 1.54) is 11.8 Å². The average Bonchev–Trinajstić information content (AvgIpc) is 3.23. The van der Waals surface area contributed by atoms with E-state index in [1.807, 2.05) is 61.5 Å². The molecule has 0 spiro atoms. The number of hydrogen-bond donors (Lipinski definition) is 3. The van der Waals surface area contributed by atoms with Gasteiger partial charge >= 0.3 is 11.3 Å². The van der Waals surface area contributed by atoms with Crippen LogP contribution in [0.2, 0.25) is 0 Å². The Kier molecular flexibility index (Phi) is 4.40. The number of benzene rings is 2. The molecule has 0 fully saturated rings. The van der Waals surface area contributed by atoms with Crippen LogP contribution in [0, 0.1) is 0 Å². The van der Waals surface area contributed by atoms with Gasteiger partial charge in [-0.05, 0) is 22.6 Å². The van der Waals surface area contributed by atoms with Crippen LogP contribution in [0.5, 0.6) is 0 Å². The second-order valence-corrected chi connectivity index (χ2v) is 7.90. The lowest BCUT2D eigenvalue weighted by molar-refractivity contribution is -0.759. The molecule has 29 heavy (non-hydrogen) atoms. The Morgan fingerprint density at radius 1 is 1.10 bits per heavy atom. The molecule has 2 aromatic heterocycles. The fraction of sp³-hybridized carbons (Fsp3) is 0.143. The summed E-state index contributed by atoms with van der Waals surface area (Å²) in [6.07, 6.45) is 1.42. The Balaban J connectivity index is 1.73. The fourth-order valence-corrected chi connectivity index (χ4v) is 4.22. The van der Waals surface area contributed by atoms with E-state index in [4.69, 9.17) is 5.10 Å². The normalized spacial score (nSPS) is 14.7. The van der Waals surface area contributed by atoms with Crippen LogP contribution in [0.15, 0.2) is 70.7 Å². The van der Waals surface area contributed by atoms with Crippen LogP contribution >= 0.6 is 11.8 Å². The van der Waals surface area contributed by atoms with Gasteiger partial charge in [0.15, 0.2) is 0 Å². The molecule has 0 unspecified atom stereocenters. The van der Waals surface area contributed by atoms with Crippen molar-refractivity contribution in [2.75, 3.05) is 11.1 Å². The fourth-order valence-electron chi connectivity index (χ4n) is 3.64. The highest BCUT2D eigenvalue weighted by molar-refractivity contribution is 7.99. The molecule has 4 aromatic rings. The molecule has 0 aliphatic carbocycles. The Hall–Kier alpha value is -3.39. The van der Waals surface area contributed by atoms with Crippen LogP contribution in [0.4, 0.5) is 5.69 Å². The Labute approximate surface area is 171 Å². The SMILES string of the molecule is CCSc1n[n+]2c(c(=O)[nH]1)-c1ccccc1N[C@@H]2c1cn[nH]c1-c1ccccc1. The minimum atomic E-state index is -0.368. The van der Waals surface area contributed by atoms with Crippen molar-refractivity contribution in [1.29, 1.82) is 0 Å². The topological polar surface area (TPSA) is 90.3 Å². The number of nitrogens with one attached hydrogen (secondary N) is 3. The molecule has 1 aliphatic heterocycles. The van der Waals surface area contributed by atoms with E-state index >= 15 is 0 Å². The molecule has 2 aromatic carbocycles. The predicted molar refractivity (Wildman–Crippen MR) is 113 cm³/mol. The van der Waals surface area contributed by atoms with E-state index in [2.05, 4.69) is 20.5 Å². The molecule has 1 aliphatic rings. The van der Waals surface area contributed by atoms with E-state index in [0.29, 0.717) is 10.9 Å². The van der Waals surface area contributed by atoms with Crippen molar-refractivity contribution in [3.8, 4) is 22.5 Å². The highest BCUT2D eigenvalue weighted by Crippen LogP contribution is 2.34. The van der Waals surface area contributed by atoms with E-state index in [0.717, 1.165) is 33.8 Å². The van der Waals surface area contributed by atoms with Crippen molar-refractivity contribution in [2.24, 2.45) is 0 Å². The lowest BCUT2D eigenvalue weighted by atomic mass is 10.0. The molecular weight excluding hydrogens is 384 g/mol. The Bertz CT molecular complexity index is 1230. The number of H-pyrrole nitrogens is 2. The van der Waals surface area contributed by atoms with Crippen LogP contribution in [-0.2, 0) is 0 Å². The van der Waals surface area contributed by atoms with Crippen LogP contribution in [0.25, 0.3) is 22.5 Å². The summed E-state index contributed by atoms with van der Waals surface area (Å²) in [5, 5.41) is 16.3. The maximum Gasteiger partial charge on any atom is 0.325 e. The first-order chi connectivity index (χ1) is 14.3. The van der Waals surface area contributed by atoms with E-state index in [9.17, 15) is 4.79 Å². The number of aromatic amines is 2. The van der Waals surface area contributed by atoms with Crippen molar-refractivity contribution < 1.29 is 4.68 Å². The maximum atomic E-state index is 13.0. The summed E-state index contributed by atoms with van der Waals surface area (Å²) in [7, 11) is 0. The second kappa shape index (κ2) is 7.21. The largest absolute Gasteiger partial charge is 0.325 e. The van der Waals surface area contributed by atoms with Gasteiger partial charge in [0.1, 0.15) is 0 Å². The third kappa shape index (κ3) is 3.01. The number of aromatic nitrogens is 5. The van der Waals surface area contributed by atoms with Gasteiger partial charge in [-0.2, -0.15) is 5.10 Å². The smallest absolute Gasteiger partial charge is 0.321 e. The number of rotatable bonds is 4. The van der Waals surface area contributed by atoms with Gasteiger partial charge in [0, 0.05) is 10.7 Å². The quantitative estimate of drug-likeness (QED) is 0.360. The molecule has 0 saturated heterocycles.